The van der Waals surface area contributed by atoms with Crippen LogP contribution in [0, 0.1) is 11.6 Å². The maximum absolute atomic E-state index is 14.0. The number of anilines is 4. The lowest BCUT2D eigenvalue weighted by Gasteiger charge is -2.36. The van der Waals surface area contributed by atoms with Crippen molar-refractivity contribution in [3.63, 3.8) is 0 Å². The Morgan fingerprint density at radius 3 is 2.26 bits per heavy atom. The van der Waals surface area contributed by atoms with Crippen molar-refractivity contribution in [2.24, 2.45) is 0 Å². The first kappa shape index (κ1) is 17.2. The average Bonchev–Trinajstić information content (AvgIpc) is 2.71. The van der Waals surface area contributed by atoms with Gasteiger partial charge in [0.2, 0.25) is 5.95 Å². The van der Waals surface area contributed by atoms with Gasteiger partial charge in [0.15, 0.2) is 0 Å². The second-order valence-electron chi connectivity index (χ2n) is 6.30. The first-order valence-electron chi connectivity index (χ1n) is 8.79. The van der Waals surface area contributed by atoms with Crippen molar-refractivity contribution in [2.75, 3.05) is 41.3 Å². The molecule has 138 valence electrons. The molecule has 2 aromatic carbocycles. The third-order valence-electron chi connectivity index (χ3n) is 4.52. The zero-order valence-electron chi connectivity index (χ0n) is 14.6. The molecule has 0 unspecified atom stereocenters. The molecule has 7 heteroatoms. The normalized spacial score (nSPS) is 14.3. The third kappa shape index (κ3) is 3.97. The van der Waals surface area contributed by atoms with Crippen molar-refractivity contribution >= 4 is 23.1 Å². The number of halogens is 2. The van der Waals surface area contributed by atoms with Gasteiger partial charge in [-0.2, -0.15) is 4.98 Å². The largest absolute Gasteiger partial charge is 0.366 e. The molecule has 3 aromatic rings. The van der Waals surface area contributed by atoms with E-state index in [1.807, 2.05) is 11.0 Å². The second-order valence-corrected chi connectivity index (χ2v) is 6.30. The molecule has 5 nitrogen and oxygen atoms in total. The quantitative estimate of drug-likeness (QED) is 0.759. The Morgan fingerprint density at radius 1 is 0.815 bits per heavy atom. The monoisotopic (exact) mass is 367 g/mol. The molecule has 4 rings (SSSR count). The number of para-hydroxylation sites is 1. The first-order valence-corrected chi connectivity index (χ1v) is 8.79. The lowest BCUT2D eigenvalue weighted by molar-refractivity contribution is 0.594. The van der Waals surface area contributed by atoms with E-state index in [1.54, 1.807) is 36.5 Å². The predicted molar refractivity (Wildman–Crippen MR) is 103 cm³/mol. The molecule has 0 atom stereocenters. The number of hydrogen-bond donors (Lipinski definition) is 1. The minimum Gasteiger partial charge on any atom is -0.366 e. The summed E-state index contributed by atoms with van der Waals surface area (Å²) in [5, 5.41) is 3.15. The number of aromatic nitrogens is 2. The summed E-state index contributed by atoms with van der Waals surface area (Å²) >= 11 is 0. The molecule has 0 aliphatic carbocycles. The fourth-order valence-electron chi connectivity index (χ4n) is 3.11. The summed E-state index contributed by atoms with van der Waals surface area (Å²) in [6.45, 7) is 2.79. The van der Waals surface area contributed by atoms with Gasteiger partial charge in [-0.15, -0.1) is 0 Å². The molecule has 1 aliphatic heterocycles. The van der Waals surface area contributed by atoms with Gasteiger partial charge < -0.3 is 15.1 Å². The summed E-state index contributed by atoms with van der Waals surface area (Å²) < 4.78 is 27.0. The van der Waals surface area contributed by atoms with Gasteiger partial charge in [-0.25, -0.2) is 13.8 Å². The highest BCUT2D eigenvalue weighted by Crippen LogP contribution is 2.22. The van der Waals surface area contributed by atoms with Gasteiger partial charge in [0, 0.05) is 38.1 Å². The van der Waals surface area contributed by atoms with E-state index in [4.69, 9.17) is 0 Å². The second kappa shape index (κ2) is 7.57. The number of nitrogens with zero attached hydrogens (tertiary/aromatic N) is 4. The highest BCUT2D eigenvalue weighted by Gasteiger charge is 2.21. The number of benzene rings is 2. The molecule has 0 spiro atoms. The van der Waals surface area contributed by atoms with Crippen molar-refractivity contribution < 1.29 is 8.78 Å². The molecule has 1 fully saturated rings. The van der Waals surface area contributed by atoms with E-state index in [2.05, 4.69) is 20.2 Å². The zero-order valence-corrected chi connectivity index (χ0v) is 14.6. The molecular weight excluding hydrogens is 348 g/mol. The van der Waals surface area contributed by atoms with Crippen molar-refractivity contribution in [1.29, 1.82) is 0 Å². The lowest BCUT2D eigenvalue weighted by atomic mass is 10.2. The van der Waals surface area contributed by atoms with E-state index in [1.165, 1.54) is 18.2 Å². The summed E-state index contributed by atoms with van der Waals surface area (Å²) in [6.07, 6.45) is 1.69. The van der Waals surface area contributed by atoms with Crippen LogP contribution in [0.2, 0.25) is 0 Å². The SMILES string of the molecule is Fc1ccc(Nc2ccnc(N3CCN(c4ccccc4F)CC3)n2)cc1. The van der Waals surface area contributed by atoms with Gasteiger partial charge in [0.25, 0.3) is 0 Å². The molecule has 1 saturated heterocycles. The van der Waals surface area contributed by atoms with E-state index >= 15 is 0 Å². The summed E-state index contributed by atoms with van der Waals surface area (Å²) in [5.74, 6) is 0.780. The van der Waals surface area contributed by atoms with Crippen LogP contribution in [0.5, 0.6) is 0 Å². The van der Waals surface area contributed by atoms with Gasteiger partial charge in [0.05, 0.1) is 5.69 Å². The minimum absolute atomic E-state index is 0.201. The number of hydrogen-bond acceptors (Lipinski definition) is 5. The van der Waals surface area contributed by atoms with E-state index in [0.29, 0.717) is 43.6 Å². The maximum Gasteiger partial charge on any atom is 0.227 e. The number of nitrogens with one attached hydrogen (secondary N) is 1. The Bertz CT molecular complexity index is 908. The molecule has 0 bridgehead atoms. The minimum atomic E-state index is -0.281. The van der Waals surface area contributed by atoms with Gasteiger partial charge in [-0.05, 0) is 42.5 Å². The summed E-state index contributed by atoms with van der Waals surface area (Å²) in [4.78, 5) is 13.0. The van der Waals surface area contributed by atoms with Crippen molar-refractivity contribution in [3.8, 4) is 0 Å². The summed E-state index contributed by atoms with van der Waals surface area (Å²) in [6, 6.07) is 14.7. The summed E-state index contributed by atoms with van der Waals surface area (Å²) in [7, 11) is 0. The molecular formula is C20H19F2N5. The smallest absolute Gasteiger partial charge is 0.227 e. The highest BCUT2D eigenvalue weighted by molar-refractivity contribution is 5.57. The Balaban J connectivity index is 1.42. The molecule has 27 heavy (non-hydrogen) atoms. The Morgan fingerprint density at radius 2 is 1.52 bits per heavy atom. The molecule has 1 aliphatic rings. The average molecular weight is 367 g/mol. The molecule has 0 amide bonds. The van der Waals surface area contributed by atoms with Gasteiger partial charge in [-0.1, -0.05) is 12.1 Å². The lowest BCUT2D eigenvalue weighted by Crippen LogP contribution is -2.47. The van der Waals surface area contributed by atoms with Gasteiger partial charge >= 0.3 is 0 Å². The van der Waals surface area contributed by atoms with E-state index in [9.17, 15) is 8.78 Å². The Kier molecular flexibility index (Phi) is 4.82. The van der Waals surface area contributed by atoms with Crippen LogP contribution < -0.4 is 15.1 Å². The van der Waals surface area contributed by atoms with E-state index in [-0.39, 0.29) is 11.6 Å². The number of piperazine rings is 1. The van der Waals surface area contributed by atoms with Crippen molar-refractivity contribution in [2.45, 2.75) is 0 Å². The van der Waals surface area contributed by atoms with Gasteiger partial charge in [-0.3, -0.25) is 0 Å². The van der Waals surface area contributed by atoms with Crippen LogP contribution in [0.15, 0.2) is 60.8 Å². The predicted octanol–water partition coefficient (Wildman–Crippen LogP) is 3.83. The summed E-state index contributed by atoms with van der Waals surface area (Å²) in [5.41, 5.74) is 1.38. The van der Waals surface area contributed by atoms with Crippen molar-refractivity contribution in [3.05, 3.63) is 72.4 Å². The third-order valence-corrected chi connectivity index (χ3v) is 4.52. The van der Waals surface area contributed by atoms with Crippen LogP contribution in [-0.4, -0.2) is 36.1 Å². The van der Waals surface area contributed by atoms with Crippen molar-refractivity contribution in [1.82, 2.24) is 9.97 Å². The Labute approximate surface area is 156 Å². The zero-order chi connectivity index (χ0) is 18.6. The molecule has 1 aromatic heterocycles. The van der Waals surface area contributed by atoms with E-state index in [0.717, 1.165) is 5.69 Å². The molecule has 1 N–H and O–H groups in total. The molecule has 0 radical (unpaired) electrons. The first-order chi connectivity index (χ1) is 13.2. The maximum atomic E-state index is 14.0. The van der Waals surface area contributed by atoms with E-state index < -0.39 is 0 Å². The number of rotatable bonds is 4. The van der Waals surface area contributed by atoms with Crippen LogP contribution >= 0.6 is 0 Å². The molecule has 0 saturated carbocycles. The van der Waals surface area contributed by atoms with Crippen LogP contribution in [0.1, 0.15) is 0 Å². The van der Waals surface area contributed by atoms with Crippen LogP contribution in [0.4, 0.5) is 31.9 Å². The van der Waals surface area contributed by atoms with Gasteiger partial charge in [0.1, 0.15) is 17.5 Å². The Hall–Kier alpha value is -3.22. The van der Waals surface area contributed by atoms with Crippen LogP contribution in [-0.2, 0) is 0 Å². The fraction of sp³-hybridized carbons (Fsp3) is 0.200. The van der Waals surface area contributed by atoms with Crippen LogP contribution in [0.3, 0.4) is 0 Å². The highest BCUT2D eigenvalue weighted by atomic mass is 19.1. The van der Waals surface area contributed by atoms with Crippen LogP contribution in [0.25, 0.3) is 0 Å². The molecule has 2 heterocycles. The fourth-order valence-corrected chi connectivity index (χ4v) is 3.11. The topological polar surface area (TPSA) is 44.3 Å². The standard InChI is InChI=1S/C20H19F2N5/c21-15-5-7-16(8-6-15)24-19-9-10-23-20(25-19)27-13-11-26(12-14-27)18-4-2-1-3-17(18)22/h1-10H,11-14H2,(H,23,24,25).